The van der Waals surface area contributed by atoms with Gasteiger partial charge in [0.1, 0.15) is 0 Å². The van der Waals surface area contributed by atoms with Crippen molar-refractivity contribution in [3.05, 3.63) is 35.4 Å². The van der Waals surface area contributed by atoms with Gasteiger partial charge in [0.2, 0.25) is 0 Å². The molecule has 0 aliphatic carbocycles. The Balaban J connectivity index is 2.60. The van der Waals surface area contributed by atoms with E-state index in [-0.39, 0.29) is 6.10 Å². The minimum absolute atomic E-state index is 0.290. The van der Waals surface area contributed by atoms with Gasteiger partial charge in [-0.1, -0.05) is 24.3 Å². The predicted molar refractivity (Wildman–Crippen MR) is 59.3 cm³/mol. The molecule has 78 valence electrons. The lowest BCUT2D eigenvalue weighted by molar-refractivity contribution is 0.187. The largest absolute Gasteiger partial charge is 0.392 e. The molecule has 0 aromatic heterocycles. The van der Waals surface area contributed by atoms with Crippen LogP contribution in [0.3, 0.4) is 0 Å². The number of hydrogen-bond acceptors (Lipinski definition) is 2. The summed E-state index contributed by atoms with van der Waals surface area (Å²) in [6.07, 6.45) is -0.290. The van der Waals surface area contributed by atoms with Crippen LogP contribution in [0.4, 0.5) is 0 Å². The summed E-state index contributed by atoms with van der Waals surface area (Å²) < 4.78 is 0. The second-order valence-corrected chi connectivity index (χ2v) is 3.84. The van der Waals surface area contributed by atoms with Gasteiger partial charge < -0.3 is 10.4 Å². The van der Waals surface area contributed by atoms with Crippen LogP contribution >= 0.6 is 0 Å². The Morgan fingerprint density at radius 1 is 1.29 bits per heavy atom. The number of aliphatic hydroxyl groups is 1. The predicted octanol–water partition coefficient (Wildman–Crippen LogP) is 2.03. The zero-order chi connectivity index (χ0) is 10.6. The van der Waals surface area contributed by atoms with E-state index in [1.165, 1.54) is 11.1 Å². The molecule has 1 rings (SSSR count). The van der Waals surface area contributed by atoms with E-state index in [2.05, 4.69) is 31.3 Å². The third-order valence-electron chi connectivity index (χ3n) is 2.37. The average Bonchev–Trinajstić information content (AvgIpc) is 2.15. The van der Waals surface area contributed by atoms with Gasteiger partial charge in [-0.15, -0.1) is 0 Å². The number of rotatable bonds is 4. The van der Waals surface area contributed by atoms with Crippen molar-refractivity contribution in [3.8, 4) is 0 Å². The van der Waals surface area contributed by atoms with Gasteiger partial charge in [-0.05, 0) is 31.9 Å². The molecule has 0 saturated carbocycles. The van der Waals surface area contributed by atoms with Crippen molar-refractivity contribution in [1.82, 2.24) is 5.32 Å². The van der Waals surface area contributed by atoms with Crippen LogP contribution in [0, 0.1) is 6.92 Å². The molecule has 0 amide bonds. The Labute approximate surface area is 86.0 Å². The summed E-state index contributed by atoms with van der Waals surface area (Å²) in [4.78, 5) is 0. The Hall–Kier alpha value is -0.860. The Morgan fingerprint density at radius 2 is 1.93 bits per heavy atom. The van der Waals surface area contributed by atoms with Gasteiger partial charge in [-0.2, -0.15) is 0 Å². The quantitative estimate of drug-likeness (QED) is 0.767. The number of aliphatic hydroxyl groups excluding tert-OH is 1. The third kappa shape index (κ3) is 3.13. The van der Waals surface area contributed by atoms with Crippen LogP contribution in [0.15, 0.2) is 24.3 Å². The maximum atomic E-state index is 9.15. The molecule has 0 saturated heterocycles. The van der Waals surface area contributed by atoms with Crippen molar-refractivity contribution >= 4 is 0 Å². The molecule has 2 nitrogen and oxygen atoms in total. The topological polar surface area (TPSA) is 32.3 Å². The molecule has 2 N–H and O–H groups in total. The Bertz CT molecular complexity index is 283. The van der Waals surface area contributed by atoms with Gasteiger partial charge in [0.15, 0.2) is 0 Å². The molecule has 1 aromatic carbocycles. The van der Waals surface area contributed by atoms with Crippen molar-refractivity contribution < 1.29 is 5.11 Å². The lowest BCUT2D eigenvalue weighted by Gasteiger charge is -2.17. The minimum atomic E-state index is -0.290. The van der Waals surface area contributed by atoms with Gasteiger partial charge in [-0.25, -0.2) is 0 Å². The number of nitrogens with one attached hydrogen (secondary N) is 1. The van der Waals surface area contributed by atoms with Gasteiger partial charge in [0.05, 0.1) is 6.10 Å². The second-order valence-electron chi connectivity index (χ2n) is 3.84. The summed E-state index contributed by atoms with van der Waals surface area (Å²) in [6.45, 7) is 6.65. The monoisotopic (exact) mass is 193 g/mol. The maximum absolute atomic E-state index is 9.15. The summed E-state index contributed by atoms with van der Waals surface area (Å²) in [7, 11) is 0. The zero-order valence-corrected chi connectivity index (χ0v) is 9.12. The lowest BCUT2D eigenvalue weighted by atomic mass is 10.0. The highest BCUT2D eigenvalue weighted by atomic mass is 16.3. The van der Waals surface area contributed by atoms with Gasteiger partial charge >= 0.3 is 0 Å². The van der Waals surface area contributed by atoms with Crippen LogP contribution in [-0.2, 0) is 0 Å². The van der Waals surface area contributed by atoms with Crippen molar-refractivity contribution in [2.24, 2.45) is 0 Å². The van der Waals surface area contributed by atoms with Gasteiger partial charge in [0, 0.05) is 12.6 Å². The lowest BCUT2D eigenvalue weighted by Crippen LogP contribution is -2.27. The first-order valence-corrected chi connectivity index (χ1v) is 5.08. The second kappa shape index (κ2) is 5.13. The van der Waals surface area contributed by atoms with E-state index in [9.17, 15) is 0 Å². The molecule has 0 heterocycles. The van der Waals surface area contributed by atoms with Crippen LogP contribution in [0.25, 0.3) is 0 Å². The zero-order valence-electron chi connectivity index (χ0n) is 9.12. The number of benzene rings is 1. The molecule has 14 heavy (non-hydrogen) atoms. The van der Waals surface area contributed by atoms with E-state index in [4.69, 9.17) is 5.11 Å². The smallest absolute Gasteiger partial charge is 0.0636 e. The van der Waals surface area contributed by atoms with Gasteiger partial charge in [0.25, 0.3) is 0 Å². The molecule has 2 atom stereocenters. The van der Waals surface area contributed by atoms with Crippen molar-refractivity contribution in [3.63, 3.8) is 0 Å². The van der Waals surface area contributed by atoms with E-state index in [1.54, 1.807) is 6.92 Å². The van der Waals surface area contributed by atoms with Crippen LogP contribution in [0.1, 0.15) is 31.0 Å². The molecular formula is C12H19NO. The highest BCUT2D eigenvalue weighted by molar-refractivity contribution is 5.28. The van der Waals surface area contributed by atoms with Crippen LogP contribution in [0.5, 0.6) is 0 Å². The Kier molecular flexibility index (Phi) is 4.11. The molecule has 0 fully saturated rings. The summed E-state index contributed by atoms with van der Waals surface area (Å²) in [5, 5.41) is 12.4. The van der Waals surface area contributed by atoms with Crippen LogP contribution in [-0.4, -0.2) is 17.8 Å². The van der Waals surface area contributed by atoms with E-state index in [0.29, 0.717) is 12.6 Å². The molecule has 0 aliphatic heterocycles. The summed E-state index contributed by atoms with van der Waals surface area (Å²) in [5.74, 6) is 0. The van der Waals surface area contributed by atoms with Crippen molar-refractivity contribution in [2.45, 2.75) is 32.9 Å². The SMILES string of the molecule is Cc1ccccc1C(C)NCC(C)O. The third-order valence-corrected chi connectivity index (χ3v) is 2.37. The number of aryl methyl sites for hydroxylation is 1. The highest BCUT2D eigenvalue weighted by Gasteiger charge is 2.07. The van der Waals surface area contributed by atoms with Crippen LogP contribution in [0.2, 0.25) is 0 Å². The van der Waals surface area contributed by atoms with Crippen LogP contribution < -0.4 is 5.32 Å². The first-order chi connectivity index (χ1) is 6.61. The Morgan fingerprint density at radius 3 is 2.50 bits per heavy atom. The standard InChI is InChI=1S/C12H19NO/c1-9-6-4-5-7-12(9)11(3)13-8-10(2)14/h4-7,10-11,13-14H,8H2,1-3H3. The number of hydrogen-bond donors (Lipinski definition) is 2. The molecular weight excluding hydrogens is 174 g/mol. The summed E-state index contributed by atoms with van der Waals surface area (Å²) in [5.41, 5.74) is 2.59. The highest BCUT2D eigenvalue weighted by Crippen LogP contribution is 2.16. The van der Waals surface area contributed by atoms with Gasteiger partial charge in [-0.3, -0.25) is 0 Å². The first kappa shape index (κ1) is 11.2. The van der Waals surface area contributed by atoms with E-state index in [0.717, 1.165) is 0 Å². The average molecular weight is 193 g/mol. The maximum Gasteiger partial charge on any atom is 0.0636 e. The fourth-order valence-electron chi connectivity index (χ4n) is 1.53. The molecule has 0 spiro atoms. The minimum Gasteiger partial charge on any atom is -0.392 e. The normalized spacial score (nSPS) is 15.1. The molecule has 0 aliphatic rings. The summed E-state index contributed by atoms with van der Waals surface area (Å²) >= 11 is 0. The fraction of sp³-hybridized carbons (Fsp3) is 0.500. The van der Waals surface area contributed by atoms with E-state index in [1.807, 2.05) is 12.1 Å². The fourth-order valence-corrected chi connectivity index (χ4v) is 1.53. The van der Waals surface area contributed by atoms with E-state index >= 15 is 0 Å². The molecule has 0 radical (unpaired) electrons. The van der Waals surface area contributed by atoms with Crippen molar-refractivity contribution in [2.75, 3.05) is 6.54 Å². The van der Waals surface area contributed by atoms with Crippen molar-refractivity contribution in [1.29, 1.82) is 0 Å². The molecule has 2 unspecified atom stereocenters. The first-order valence-electron chi connectivity index (χ1n) is 5.08. The molecule has 0 bridgehead atoms. The summed E-state index contributed by atoms with van der Waals surface area (Å²) in [6, 6.07) is 8.61. The molecule has 2 heteroatoms. The van der Waals surface area contributed by atoms with E-state index < -0.39 is 0 Å². The molecule has 1 aromatic rings.